The van der Waals surface area contributed by atoms with Crippen LogP contribution in [-0.4, -0.2) is 56.0 Å². The Bertz CT molecular complexity index is 1600. The van der Waals surface area contributed by atoms with E-state index < -0.39 is 11.9 Å². The zero-order valence-corrected chi connectivity index (χ0v) is 24.5. The summed E-state index contributed by atoms with van der Waals surface area (Å²) in [6.45, 7) is 9.10. The van der Waals surface area contributed by atoms with E-state index in [0.717, 1.165) is 0 Å². The Morgan fingerprint density at radius 2 is 1.56 bits per heavy atom. The summed E-state index contributed by atoms with van der Waals surface area (Å²) >= 11 is 12.1. The maximum atomic E-state index is 13.2. The normalized spacial score (nSPS) is 11.3. The lowest BCUT2D eigenvalue weighted by atomic mass is 10.0. The number of carboxylic acid groups (broad SMARTS) is 1. The van der Waals surface area contributed by atoms with Gasteiger partial charge in [-0.05, 0) is 60.4 Å². The van der Waals surface area contributed by atoms with Gasteiger partial charge in [-0.15, -0.1) is 0 Å². The first kappa shape index (κ1) is 29.9. The Morgan fingerprint density at radius 3 is 2.17 bits per heavy atom. The first-order valence-electron chi connectivity index (χ1n) is 13.0. The first-order chi connectivity index (χ1) is 19.3. The van der Waals surface area contributed by atoms with Gasteiger partial charge < -0.3 is 25.4 Å². The van der Waals surface area contributed by atoms with Crippen LogP contribution in [0.3, 0.4) is 0 Å². The fourth-order valence-electron chi connectivity index (χ4n) is 4.47. The number of benzene rings is 3. The molecule has 1 heterocycles. The number of hydrogen-bond acceptors (Lipinski definition) is 5. The quantitative estimate of drug-likeness (QED) is 0.165. The Morgan fingerprint density at radius 1 is 0.927 bits per heavy atom. The highest BCUT2D eigenvalue weighted by atomic mass is 35.5. The van der Waals surface area contributed by atoms with Gasteiger partial charge >= 0.3 is 5.97 Å². The number of phenols is 1. The Hall–Kier alpha value is -4.08. The minimum atomic E-state index is -1.29. The number of aromatic nitrogens is 2. The maximum Gasteiger partial charge on any atom is 0.337 e. The van der Waals surface area contributed by atoms with E-state index in [2.05, 4.69) is 15.3 Å². The molecule has 0 saturated heterocycles. The molecule has 0 unspecified atom stereocenters. The number of nitrogens with zero attached hydrogens (tertiary/aromatic N) is 2. The SMILES string of the molecule is CC(C)CN(CC(C)C)C(=O)c1ccc(NC(=O)c2ccc(-c3nc4cc(Cl)c(Cl)cc4[nH]3)c(O)c2)c(C(=O)O)c1. The van der Waals surface area contributed by atoms with E-state index in [9.17, 15) is 24.6 Å². The molecule has 0 saturated carbocycles. The van der Waals surface area contributed by atoms with E-state index >= 15 is 0 Å². The Labute approximate surface area is 247 Å². The van der Waals surface area contributed by atoms with Crippen LogP contribution in [0.25, 0.3) is 22.4 Å². The third-order valence-corrected chi connectivity index (χ3v) is 6.96. The number of hydrogen-bond donors (Lipinski definition) is 4. The predicted molar refractivity (Wildman–Crippen MR) is 160 cm³/mol. The topological polar surface area (TPSA) is 136 Å². The van der Waals surface area contributed by atoms with Gasteiger partial charge in [0.1, 0.15) is 11.6 Å². The molecule has 41 heavy (non-hydrogen) atoms. The number of aromatic amines is 1. The number of aromatic carboxylic acids is 1. The molecule has 0 fully saturated rings. The van der Waals surface area contributed by atoms with Crippen LogP contribution >= 0.6 is 23.2 Å². The van der Waals surface area contributed by atoms with Crippen LogP contribution in [0.2, 0.25) is 10.0 Å². The second kappa shape index (κ2) is 12.2. The molecular formula is C30H30Cl2N4O5. The number of amides is 2. The summed E-state index contributed by atoms with van der Waals surface area (Å²) < 4.78 is 0. The maximum absolute atomic E-state index is 13.2. The monoisotopic (exact) mass is 596 g/mol. The van der Waals surface area contributed by atoms with Crippen molar-refractivity contribution in [2.75, 3.05) is 18.4 Å². The van der Waals surface area contributed by atoms with Crippen LogP contribution in [-0.2, 0) is 0 Å². The molecule has 0 bridgehead atoms. The number of carbonyl (C=O) groups excluding carboxylic acids is 2. The van der Waals surface area contributed by atoms with Crippen molar-refractivity contribution in [3.05, 3.63) is 75.3 Å². The Kier molecular flexibility index (Phi) is 8.89. The highest BCUT2D eigenvalue weighted by Crippen LogP contribution is 2.33. The van der Waals surface area contributed by atoms with Crippen LogP contribution in [0.5, 0.6) is 5.75 Å². The van der Waals surface area contributed by atoms with Crippen LogP contribution in [0.4, 0.5) is 5.69 Å². The molecule has 2 amide bonds. The molecular weight excluding hydrogens is 567 g/mol. The number of phenolic OH excluding ortho intramolecular Hbond substituents is 1. The lowest BCUT2D eigenvalue weighted by molar-refractivity contribution is 0.0698. The van der Waals surface area contributed by atoms with Gasteiger partial charge in [0.15, 0.2) is 0 Å². The van der Waals surface area contributed by atoms with Gasteiger partial charge in [0.2, 0.25) is 0 Å². The van der Waals surface area contributed by atoms with Crippen molar-refractivity contribution in [3.63, 3.8) is 0 Å². The van der Waals surface area contributed by atoms with Gasteiger partial charge in [0.05, 0.1) is 37.9 Å². The van der Waals surface area contributed by atoms with Gasteiger partial charge in [-0.3, -0.25) is 9.59 Å². The zero-order chi connectivity index (χ0) is 30.0. The first-order valence-corrected chi connectivity index (χ1v) is 13.8. The number of rotatable bonds is 9. The third kappa shape index (κ3) is 6.81. The van der Waals surface area contributed by atoms with Gasteiger partial charge in [-0.2, -0.15) is 0 Å². The molecule has 4 aromatic rings. The number of halogens is 2. The van der Waals surface area contributed by atoms with Crippen molar-refractivity contribution in [1.82, 2.24) is 14.9 Å². The smallest absolute Gasteiger partial charge is 0.337 e. The number of nitrogens with one attached hydrogen (secondary N) is 2. The van der Waals surface area contributed by atoms with Crippen LogP contribution < -0.4 is 5.32 Å². The number of aromatic hydroxyl groups is 1. The molecule has 0 radical (unpaired) electrons. The molecule has 9 nitrogen and oxygen atoms in total. The molecule has 0 aliphatic rings. The van der Waals surface area contributed by atoms with Crippen molar-refractivity contribution < 1.29 is 24.6 Å². The van der Waals surface area contributed by atoms with E-state index in [1.807, 2.05) is 27.7 Å². The van der Waals surface area contributed by atoms with Crippen LogP contribution in [0.15, 0.2) is 48.5 Å². The largest absolute Gasteiger partial charge is 0.507 e. The molecule has 3 aromatic carbocycles. The van der Waals surface area contributed by atoms with Crippen molar-refractivity contribution in [2.24, 2.45) is 11.8 Å². The molecule has 0 spiro atoms. The molecule has 0 aliphatic carbocycles. The van der Waals surface area contributed by atoms with Gasteiger partial charge in [0.25, 0.3) is 11.8 Å². The fourth-order valence-corrected chi connectivity index (χ4v) is 4.79. The Balaban J connectivity index is 1.57. The van der Waals surface area contributed by atoms with Gasteiger partial charge in [0, 0.05) is 24.2 Å². The van der Waals surface area contributed by atoms with E-state index in [0.29, 0.717) is 45.6 Å². The van der Waals surface area contributed by atoms with Gasteiger partial charge in [-0.25, -0.2) is 9.78 Å². The fraction of sp³-hybridized carbons (Fsp3) is 0.267. The third-order valence-electron chi connectivity index (χ3n) is 6.24. The summed E-state index contributed by atoms with van der Waals surface area (Å²) in [7, 11) is 0. The number of anilines is 1. The zero-order valence-electron chi connectivity index (χ0n) is 23.0. The van der Waals surface area contributed by atoms with E-state index in [1.165, 1.54) is 36.4 Å². The second-order valence-corrected chi connectivity index (χ2v) is 11.4. The average Bonchev–Trinajstić information content (AvgIpc) is 3.29. The lowest BCUT2D eigenvalue weighted by Gasteiger charge is -2.26. The van der Waals surface area contributed by atoms with E-state index in [-0.39, 0.29) is 45.9 Å². The highest BCUT2D eigenvalue weighted by Gasteiger charge is 2.22. The molecule has 1 aromatic heterocycles. The number of carboxylic acids is 1. The van der Waals surface area contributed by atoms with Gasteiger partial charge in [-0.1, -0.05) is 50.9 Å². The van der Waals surface area contributed by atoms with Crippen molar-refractivity contribution >= 4 is 57.7 Å². The number of carbonyl (C=O) groups is 3. The lowest BCUT2D eigenvalue weighted by Crippen LogP contribution is -2.37. The minimum Gasteiger partial charge on any atom is -0.507 e. The summed E-state index contributed by atoms with van der Waals surface area (Å²) in [6, 6.07) is 11.6. The molecule has 11 heteroatoms. The van der Waals surface area contributed by atoms with Crippen LogP contribution in [0, 0.1) is 11.8 Å². The second-order valence-electron chi connectivity index (χ2n) is 10.6. The molecule has 4 N–H and O–H groups in total. The standard InChI is InChI=1S/C30H30Cl2N4O5/c1-15(2)13-36(14-16(3)4)29(39)18-6-8-23(20(9-18)30(40)41)35-28(38)17-5-7-19(26(37)10-17)27-33-24-11-21(31)22(32)12-25(24)34-27/h5-12,15-16,37H,13-14H2,1-4H3,(H,33,34)(H,35,38)(H,40,41). The molecule has 214 valence electrons. The van der Waals surface area contributed by atoms with Crippen molar-refractivity contribution in [3.8, 4) is 17.1 Å². The number of fused-ring (bicyclic) bond motifs is 1. The summed E-state index contributed by atoms with van der Waals surface area (Å²) in [5.41, 5.74) is 1.62. The van der Waals surface area contributed by atoms with Crippen molar-refractivity contribution in [2.45, 2.75) is 27.7 Å². The minimum absolute atomic E-state index is 0.0212. The summed E-state index contributed by atoms with van der Waals surface area (Å²) in [6.07, 6.45) is 0. The molecule has 0 atom stereocenters. The van der Waals surface area contributed by atoms with Crippen LogP contribution in [0.1, 0.15) is 58.8 Å². The summed E-state index contributed by atoms with van der Waals surface area (Å²) in [4.78, 5) is 47.5. The molecule has 4 rings (SSSR count). The highest BCUT2D eigenvalue weighted by molar-refractivity contribution is 6.42. The summed E-state index contributed by atoms with van der Waals surface area (Å²) in [5, 5.41) is 23.8. The number of H-pyrrole nitrogens is 1. The predicted octanol–water partition coefficient (Wildman–Crippen LogP) is 6.95. The van der Waals surface area contributed by atoms with Crippen molar-refractivity contribution in [1.29, 1.82) is 0 Å². The summed E-state index contributed by atoms with van der Waals surface area (Å²) in [5.74, 6) is -1.61. The number of imidazole rings is 1. The van der Waals surface area contributed by atoms with E-state index in [1.54, 1.807) is 17.0 Å². The average molecular weight is 597 g/mol. The van der Waals surface area contributed by atoms with E-state index in [4.69, 9.17) is 23.2 Å². The molecule has 0 aliphatic heterocycles.